The van der Waals surface area contributed by atoms with Gasteiger partial charge in [-0.1, -0.05) is 98.5 Å². The number of hydrogen-bond donors (Lipinski definition) is 4. The molecule has 5 heterocycles. The molecule has 0 aromatic carbocycles. The summed E-state index contributed by atoms with van der Waals surface area (Å²) in [6.07, 6.45) is 22.3. The van der Waals surface area contributed by atoms with Crippen LogP contribution in [0.3, 0.4) is 0 Å². The second-order valence-corrected chi connectivity index (χ2v) is 19.6. The van der Waals surface area contributed by atoms with Crippen molar-refractivity contribution in [2.45, 2.75) is 159 Å². The molecule has 0 radical (unpaired) electrons. The van der Waals surface area contributed by atoms with Gasteiger partial charge in [0.1, 0.15) is 12.5 Å². The Morgan fingerprint density at radius 1 is 0.844 bits per heavy atom. The van der Waals surface area contributed by atoms with Crippen LogP contribution in [-0.2, 0) is 19.1 Å². The maximum absolute atomic E-state index is 14.4. The Bertz CT molecular complexity index is 2350. The van der Waals surface area contributed by atoms with E-state index in [1.807, 2.05) is 26.0 Å². The molecule has 0 amide bonds. The van der Waals surface area contributed by atoms with Gasteiger partial charge < -0.3 is 30.1 Å². The summed E-state index contributed by atoms with van der Waals surface area (Å²) in [6, 6.07) is -0.482. The molecule has 2 aromatic heterocycles. The summed E-state index contributed by atoms with van der Waals surface area (Å²) in [6.45, 7) is 21.3. The quantitative estimate of drug-likeness (QED) is 0.0339. The number of ether oxygens (including phenoxy) is 2. The average molecular weight is 877 g/mol. The number of aromatic amines is 2. The number of ketones is 2. The van der Waals surface area contributed by atoms with Crippen molar-refractivity contribution < 1.29 is 28.7 Å². The first-order chi connectivity index (χ1) is 30.6. The van der Waals surface area contributed by atoms with Gasteiger partial charge in [-0.05, 0) is 118 Å². The number of H-pyrrole nitrogens is 2. The van der Waals surface area contributed by atoms with Gasteiger partial charge in [-0.2, -0.15) is 0 Å². The number of Topliss-reactive ketones (excluding diaryl/α,β-unsaturated/α-hetero) is 2. The Morgan fingerprint density at radius 2 is 1.53 bits per heavy atom. The molecule has 1 fully saturated rings. The highest BCUT2D eigenvalue weighted by atomic mass is 16.5. The first kappa shape index (κ1) is 48.6. The SMILES string of the molecule is CCCCC[C@@H](C)CCC[C@@H](C)CCC/C(C)=C/COC(=O)CC[C@@H]1C2N/C(=C\c3[nH]c(c(C(C)=O)c3C)/C=C3\NC(=C(CC)[C@H]3C)/C=c3\[nH]c4c(c3C)C(=O)[C@H](C(=O)OC)C=42)[C@H]1C. The van der Waals surface area contributed by atoms with E-state index in [0.29, 0.717) is 28.5 Å². The molecule has 1 unspecified atom stereocenters. The third kappa shape index (κ3) is 10.5. The smallest absolute Gasteiger partial charge is 0.320 e. The summed E-state index contributed by atoms with van der Waals surface area (Å²) in [4.78, 5) is 61.9. The minimum absolute atomic E-state index is 0.0305. The fraction of sp³-hybridized carbons (Fsp3) is 0.593. The number of unbranched alkanes of at least 4 members (excludes halogenated alkanes) is 2. The van der Waals surface area contributed by atoms with E-state index >= 15 is 0 Å². The zero-order chi connectivity index (χ0) is 46.4. The molecule has 0 spiro atoms. The number of esters is 2. The number of allylic oxidation sites excluding steroid dienone is 4. The van der Waals surface area contributed by atoms with Crippen LogP contribution in [-0.4, -0.2) is 53.2 Å². The molecule has 2 aromatic rings. The first-order valence-corrected chi connectivity index (χ1v) is 24.4. The number of rotatable bonds is 20. The van der Waals surface area contributed by atoms with Crippen LogP contribution in [0.25, 0.3) is 23.8 Å². The Hall–Kier alpha value is -4.86. The molecule has 64 heavy (non-hydrogen) atoms. The molecule has 3 aliphatic heterocycles. The van der Waals surface area contributed by atoms with E-state index in [4.69, 9.17) is 9.47 Å². The molecular weight excluding hydrogens is 801 g/mol. The van der Waals surface area contributed by atoms with Crippen LogP contribution < -0.4 is 21.3 Å². The molecule has 4 aliphatic rings. The largest absolute Gasteiger partial charge is 0.468 e. The van der Waals surface area contributed by atoms with Gasteiger partial charge in [-0.3, -0.25) is 19.2 Å². The maximum atomic E-state index is 14.4. The van der Waals surface area contributed by atoms with Crippen LogP contribution in [0.1, 0.15) is 182 Å². The van der Waals surface area contributed by atoms with Crippen LogP contribution in [0, 0.1) is 49.4 Å². The Balaban J connectivity index is 1.23. The van der Waals surface area contributed by atoms with E-state index in [0.717, 1.165) is 76.1 Å². The molecule has 1 aliphatic carbocycles. The third-order valence-electron chi connectivity index (χ3n) is 14.9. The Labute approximate surface area is 382 Å². The van der Waals surface area contributed by atoms with Crippen LogP contribution in [0.5, 0.6) is 0 Å². The summed E-state index contributed by atoms with van der Waals surface area (Å²) >= 11 is 0. The van der Waals surface area contributed by atoms with Gasteiger partial charge in [-0.25, -0.2) is 0 Å². The standard InChI is InChI=1S/C54H76N4O6/c1-12-14-15-18-30(3)19-16-20-31(4)21-17-22-32(5)25-26-64-46(60)24-23-39-34(7)41-27-42-35(8)47(37(10)59)45(56-42)29-40-33(6)38(13-2)44(55-40)28-43-36(9)48-52(58-43)49(51(39)57-41)50(53(48)61)54(62)63-11/h25,27-31,33-34,39,50-51,55-58H,12-24,26H2,1-11H3/b32-25+,40-29-,41-27-,43-28-/t30-,31-,33-,34+,39+,50-,51?/m1/s1. The van der Waals surface area contributed by atoms with Crippen molar-refractivity contribution in [2.75, 3.05) is 13.7 Å². The summed E-state index contributed by atoms with van der Waals surface area (Å²) in [5.41, 5.74) is 10.2. The lowest BCUT2D eigenvalue weighted by Gasteiger charge is -2.25. The van der Waals surface area contributed by atoms with Crippen LogP contribution in [0.2, 0.25) is 0 Å². The van der Waals surface area contributed by atoms with Crippen molar-refractivity contribution in [1.29, 1.82) is 0 Å². The molecule has 10 heteroatoms. The fourth-order valence-corrected chi connectivity index (χ4v) is 10.9. The summed E-state index contributed by atoms with van der Waals surface area (Å²) < 4.78 is 11.1. The van der Waals surface area contributed by atoms with Crippen LogP contribution >= 0.6 is 0 Å². The number of carbonyl (C=O) groups excluding carboxylic acids is 4. The molecular formula is C54H76N4O6. The number of hydrogen-bond acceptors (Lipinski definition) is 8. The molecule has 0 saturated carbocycles. The fourth-order valence-electron chi connectivity index (χ4n) is 10.9. The molecule has 8 bridgehead atoms. The monoisotopic (exact) mass is 877 g/mol. The molecule has 10 nitrogen and oxygen atoms in total. The van der Waals surface area contributed by atoms with Gasteiger partial charge in [0.15, 0.2) is 11.6 Å². The summed E-state index contributed by atoms with van der Waals surface area (Å²) in [5, 5.41) is 8.81. The second kappa shape index (κ2) is 21.4. The lowest BCUT2D eigenvalue weighted by atomic mass is 9.80. The van der Waals surface area contributed by atoms with Gasteiger partial charge in [0.25, 0.3) is 0 Å². The topological polar surface area (TPSA) is 142 Å². The minimum Gasteiger partial charge on any atom is -0.468 e. The third-order valence-corrected chi connectivity index (χ3v) is 14.9. The lowest BCUT2D eigenvalue weighted by molar-refractivity contribution is -0.143. The van der Waals surface area contributed by atoms with E-state index in [9.17, 15) is 19.2 Å². The zero-order valence-electron chi connectivity index (χ0n) is 40.7. The number of fused-ring (bicyclic) bond motifs is 8. The summed E-state index contributed by atoms with van der Waals surface area (Å²) in [7, 11) is 1.32. The Morgan fingerprint density at radius 3 is 2.20 bits per heavy atom. The first-order valence-electron chi connectivity index (χ1n) is 24.4. The highest BCUT2D eigenvalue weighted by molar-refractivity contribution is 6.19. The second-order valence-electron chi connectivity index (χ2n) is 19.6. The van der Waals surface area contributed by atoms with Gasteiger partial charge in [0, 0.05) is 57.5 Å². The van der Waals surface area contributed by atoms with E-state index in [-0.39, 0.29) is 48.3 Å². The highest BCUT2D eigenvalue weighted by Crippen LogP contribution is 2.43. The van der Waals surface area contributed by atoms with Gasteiger partial charge in [-0.15, -0.1) is 0 Å². The molecule has 4 N–H and O–H groups in total. The minimum atomic E-state index is -1.13. The van der Waals surface area contributed by atoms with Crippen molar-refractivity contribution in [3.05, 3.63) is 78.7 Å². The maximum Gasteiger partial charge on any atom is 0.320 e. The van der Waals surface area contributed by atoms with E-state index < -0.39 is 17.9 Å². The number of aromatic nitrogens is 2. The molecule has 6 rings (SSSR count). The summed E-state index contributed by atoms with van der Waals surface area (Å²) in [5.74, 6) is -1.03. The predicted octanol–water partition coefficient (Wildman–Crippen LogP) is 10.1. The number of nitrogens with one attached hydrogen (secondary N) is 4. The van der Waals surface area contributed by atoms with Crippen molar-refractivity contribution in [3.8, 4) is 0 Å². The van der Waals surface area contributed by atoms with Crippen LogP contribution in [0.15, 0.2) is 34.3 Å². The zero-order valence-corrected chi connectivity index (χ0v) is 40.7. The van der Waals surface area contributed by atoms with E-state index in [2.05, 4.69) is 81.2 Å². The molecule has 348 valence electrons. The normalized spacial score (nSPS) is 24.6. The number of carbonyl (C=O) groups is 4. The molecule has 1 saturated heterocycles. The van der Waals surface area contributed by atoms with Crippen molar-refractivity contribution in [3.63, 3.8) is 0 Å². The van der Waals surface area contributed by atoms with E-state index in [1.165, 1.54) is 69.6 Å². The van der Waals surface area contributed by atoms with Gasteiger partial charge in [0.2, 0.25) is 0 Å². The average Bonchev–Trinajstić information content (AvgIpc) is 4.00. The molecule has 7 atom stereocenters. The number of methoxy groups -OCH3 is 1. The van der Waals surface area contributed by atoms with Crippen molar-refractivity contribution in [2.24, 2.45) is 35.5 Å². The van der Waals surface area contributed by atoms with Crippen molar-refractivity contribution in [1.82, 2.24) is 20.6 Å². The van der Waals surface area contributed by atoms with Gasteiger partial charge >= 0.3 is 11.9 Å². The van der Waals surface area contributed by atoms with E-state index in [1.54, 1.807) is 6.92 Å². The Kier molecular flexibility index (Phi) is 16.3. The predicted molar refractivity (Wildman–Crippen MR) is 257 cm³/mol. The van der Waals surface area contributed by atoms with Crippen LogP contribution in [0.4, 0.5) is 0 Å². The highest BCUT2D eigenvalue weighted by Gasteiger charge is 2.49. The lowest BCUT2D eigenvalue weighted by Crippen LogP contribution is -2.38. The van der Waals surface area contributed by atoms with Gasteiger partial charge in [0.05, 0.1) is 24.2 Å². The van der Waals surface area contributed by atoms with Crippen molar-refractivity contribution >= 4 is 47.3 Å².